The van der Waals surface area contributed by atoms with Crippen LogP contribution < -0.4 is 0 Å². The minimum atomic E-state index is 0.502. The monoisotopic (exact) mass is 337 g/mol. The molecule has 2 aromatic rings. The second kappa shape index (κ2) is 10.4. The quantitative estimate of drug-likeness (QED) is 0.498. The molecule has 0 aliphatic rings. The third-order valence-corrected chi connectivity index (χ3v) is 4.62. The first-order valence-electron chi connectivity index (χ1n) is 9.88. The van der Waals surface area contributed by atoms with Crippen LogP contribution in [-0.4, -0.2) is 24.5 Å². The molecule has 0 aliphatic heterocycles. The number of hydrogen-bond donors (Lipinski definition) is 0. The van der Waals surface area contributed by atoms with E-state index in [0.717, 1.165) is 11.8 Å². The third kappa shape index (κ3) is 7.04. The Balaban J connectivity index is 2.02. The van der Waals surface area contributed by atoms with Gasteiger partial charge in [-0.25, -0.2) is 0 Å². The Hall–Kier alpha value is -1.60. The Labute approximate surface area is 155 Å². The van der Waals surface area contributed by atoms with Crippen LogP contribution in [0.5, 0.6) is 0 Å². The molecule has 0 amide bonds. The molecule has 0 saturated heterocycles. The van der Waals surface area contributed by atoms with Gasteiger partial charge in [0.25, 0.3) is 0 Å². The summed E-state index contributed by atoms with van der Waals surface area (Å²) in [5.74, 6) is 1.97. The van der Waals surface area contributed by atoms with E-state index in [2.05, 4.69) is 93.3 Å². The summed E-state index contributed by atoms with van der Waals surface area (Å²) in [4.78, 5) is 2.66. The van der Waals surface area contributed by atoms with Crippen LogP contribution in [0.15, 0.2) is 60.7 Å². The van der Waals surface area contributed by atoms with Crippen LogP contribution in [0.2, 0.25) is 0 Å². The standard InChI is InChI=1S/C24H35N/c1-20(2)18-25(19-21(3)4)17-11-16-24(22-12-7-5-8-13-22)23-14-9-6-10-15-23/h5-10,12-15,20-21,24H,11,16-19H2,1-4H3. The molecule has 136 valence electrons. The van der Waals surface area contributed by atoms with E-state index in [-0.39, 0.29) is 0 Å². The summed E-state index contributed by atoms with van der Waals surface area (Å²) in [6, 6.07) is 22.0. The van der Waals surface area contributed by atoms with E-state index < -0.39 is 0 Å². The van der Waals surface area contributed by atoms with E-state index in [4.69, 9.17) is 0 Å². The average Bonchev–Trinajstić information content (AvgIpc) is 2.59. The molecule has 25 heavy (non-hydrogen) atoms. The summed E-state index contributed by atoms with van der Waals surface area (Å²) in [6.07, 6.45) is 2.45. The van der Waals surface area contributed by atoms with Crippen molar-refractivity contribution in [2.45, 2.75) is 46.5 Å². The second-order valence-corrected chi connectivity index (χ2v) is 8.06. The smallest absolute Gasteiger partial charge is 0.00898 e. The molecule has 0 bridgehead atoms. The van der Waals surface area contributed by atoms with Crippen LogP contribution in [-0.2, 0) is 0 Å². The number of hydrogen-bond acceptors (Lipinski definition) is 1. The first kappa shape index (κ1) is 19.7. The molecule has 0 fully saturated rings. The lowest BCUT2D eigenvalue weighted by molar-refractivity contribution is 0.214. The van der Waals surface area contributed by atoms with Gasteiger partial charge in [0.15, 0.2) is 0 Å². The molecule has 2 rings (SSSR count). The molecule has 0 heterocycles. The SMILES string of the molecule is CC(C)CN(CCCC(c1ccccc1)c1ccccc1)CC(C)C. The van der Waals surface area contributed by atoms with Crippen molar-refractivity contribution in [2.24, 2.45) is 11.8 Å². The van der Waals surface area contributed by atoms with Crippen molar-refractivity contribution in [1.29, 1.82) is 0 Å². The van der Waals surface area contributed by atoms with Gasteiger partial charge in [-0.05, 0) is 42.3 Å². The minimum Gasteiger partial charge on any atom is -0.303 e. The molecule has 0 radical (unpaired) electrons. The van der Waals surface area contributed by atoms with Crippen molar-refractivity contribution in [3.63, 3.8) is 0 Å². The van der Waals surface area contributed by atoms with Crippen LogP contribution in [0.1, 0.15) is 57.6 Å². The van der Waals surface area contributed by atoms with E-state index >= 15 is 0 Å². The van der Waals surface area contributed by atoms with Gasteiger partial charge in [-0.15, -0.1) is 0 Å². The van der Waals surface area contributed by atoms with E-state index in [0.29, 0.717) is 5.92 Å². The lowest BCUT2D eigenvalue weighted by Gasteiger charge is -2.27. The number of rotatable bonds is 10. The van der Waals surface area contributed by atoms with Gasteiger partial charge in [-0.1, -0.05) is 88.4 Å². The van der Waals surface area contributed by atoms with Crippen LogP contribution in [0, 0.1) is 11.8 Å². The molecular weight excluding hydrogens is 302 g/mol. The van der Waals surface area contributed by atoms with Crippen LogP contribution in [0.4, 0.5) is 0 Å². The molecule has 2 aromatic carbocycles. The average molecular weight is 338 g/mol. The Morgan fingerprint density at radius 2 is 1.12 bits per heavy atom. The Morgan fingerprint density at radius 1 is 0.680 bits per heavy atom. The zero-order valence-corrected chi connectivity index (χ0v) is 16.5. The fourth-order valence-corrected chi connectivity index (χ4v) is 3.71. The Kier molecular flexibility index (Phi) is 8.21. The predicted molar refractivity (Wildman–Crippen MR) is 110 cm³/mol. The lowest BCUT2D eigenvalue weighted by atomic mass is 9.87. The van der Waals surface area contributed by atoms with Crippen molar-refractivity contribution < 1.29 is 0 Å². The van der Waals surface area contributed by atoms with Gasteiger partial charge in [0.1, 0.15) is 0 Å². The molecule has 1 heteroatoms. The Bertz CT molecular complexity index is 524. The molecule has 0 N–H and O–H groups in total. The summed E-state index contributed by atoms with van der Waals surface area (Å²) in [5.41, 5.74) is 2.88. The highest BCUT2D eigenvalue weighted by atomic mass is 15.1. The largest absolute Gasteiger partial charge is 0.303 e. The Morgan fingerprint density at radius 3 is 1.52 bits per heavy atom. The fraction of sp³-hybridized carbons (Fsp3) is 0.500. The van der Waals surface area contributed by atoms with Crippen LogP contribution >= 0.6 is 0 Å². The third-order valence-electron chi connectivity index (χ3n) is 4.62. The maximum Gasteiger partial charge on any atom is 0.00898 e. The van der Waals surface area contributed by atoms with Gasteiger partial charge in [-0.3, -0.25) is 0 Å². The van der Waals surface area contributed by atoms with Crippen molar-refractivity contribution in [3.05, 3.63) is 71.8 Å². The topological polar surface area (TPSA) is 3.24 Å². The van der Waals surface area contributed by atoms with E-state index in [9.17, 15) is 0 Å². The van der Waals surface area contributed by atoms with Gasteiger partial charge < -0.3 is 4.90 Å². The van der Waals surface area contributed by atoms with Crippen molar-refractivity contribution in [1.82, 2.24) is 4.90 Å². The molecule has 0 unspecified atom stereocenters. The molecule has 0 aliphatic carbocycles. The number of benzene rings is 2. The van der Waals surface area contributed by atoms with Gasteiger partial charge in [0.05, 0.1) is 0 Å². The molecule has 1 nitrogen and oxygen atoms in total. The summed E-state index contributed by atoms with van der Waals surface area (Å²) in [5, 5.41) is 0. The van der Waals surface area contributed by atoms with Crippen LogP contribution in [0.25, 0.3) is 0 Å². The van der Waals surface area contributed by atoms with E-state index in [1.54, 1.807) is 0 Å². The van der Waals surface area contributed by atoms with Crippen molar-refractivity contribution in [2.75, 3.05) is 19.6 Å². The van der Waals surface area contributed by atoms with E-state index in [1.165, 1.54) is 43.6 Å². The maximum absolute atomic E-state index is 2.66. The van der Waals surface area contributed by atoms with Crippen molar-refractivity contribution >= 4 is 0 Å². The van der Waals surface area contributed by atoms with E-state index in [1.807, 2.05) is 0 Å². The van der Waals surface area contributed by atoms with Gasteiger partial charge in [0, 0.05) is 19.0 Å². The van der Waals surface area contributed by atoms with Gasteiger partial charge in [-0.2, -0.15) is 0 Å². The first-order chi connectivity index (χ1) is 12.1. The summed E-state index contributed by atoms with van der Waals surface area (Å²) in [6.45, 7) is 12.9. The molecule has 0 saturated carbocycles. The predicted octanol–water partition coefficient (Wildman–Crippen LogP) is 6.21. The molecule has 0 spiro atoms. The molecule has 0 aromatic heterocycles. The highest BCUT2D eigenvalue weighted by molar-refractivity contribution is 5.32. The molecular formula is C24H35N. The van der Waals surface area contributed by atoms with Crippen LogP contribution in [0.3, 0.4) is 0 Å². The van der Waals surface area contributed by atoms with Gasteiger partial charge in [0.2, 0.25) is 0 Å². The number of nitrogens with zero attached hydrogens (tertiary/aromatic N) is 1. The maximum atomic E-state index is 2.66. The first-order valence-corrected chi connectivity index (χ1v) is 9.88. The summed E-state index contributed by atoms with van der Waals surface area (Å²) >= 11 is 0. The highest BCUT2D eigenvalue weighted by Gasteiger charge is 2.15. The highest BCUT2D eigenvalue weighted by Crippen LogP contribution is 2.29. The fourth-order valence-electron chi connectivity index (χ4n) is 3.71. The molecule has 0 atom stereocenters. The summed E-state index contributed by atoms with van der Waals surface area (Å²) in [7, 11) is 0. The zero-order chi connectivity index (χ0) is 18.1. The zero-order valence-electron chi connectivity index (χ0n) is 16.5. The van der Waals surface area contributed by atoms with Crippen molar-refractivity contribution in [3.8, 4) is 0 Å². The summed E-state index contributed by atoms with van der Waals surface area (Å²) < 4.78 is 0. The van der Waals surface area contributed by atoms with Gasteiger partial charge >= 0.3 is 0 Å². The normalized spacial score (nSPS) is 11.8. The second-order valence-electron chi connectivity index (χ2n) is 8.06. The minimum absolute atomic E-state index is 0.502. The lowest BCUT2D eigenvalue weighted by Crippen LogP contribution is -2.32.